The van der Waals surface area contributed by atoms with E-state index in [0.29, 0.717) is 31.9 Å². The van der Waals surface area contributed by atoms with Crippen LogP contribution in [-0.2, 0) is 17.8 Å². The van der Waals surface area contributed by atoms with Crippen molar-refractivity contribution in [2.45, 2.75) is 13.1 Å². The molecule has 0 unspecified atom stereocenters. The van der Waals surface area contributed by atoms with Crippen molar-refractivity contribution in [1.82, 2.24) is 5.32 Å². The Bertz CT molecular complexity index is 632. The number of carbonyl (C=O) groups is 1. The number of nitrogens with one attached hydrogen (secondary N) is 1. The number of benzene rings is 2. The zero-order chi connectivity index (χ0) is 16.5. The van der Waals surface area contributed by atoms with Crippen LogP contribution in [0.4, 0.5) is 0 Å². The molecule has 24 heavy (non-hydrogen) atoms. The number of amides is 1. The molecule has 6 heteroatoms. The van der Waals surface area contributed by atoms with Gasteiger partial charge in [0.25, 0.3) is 5.91 Å². The topological polar surface area (TPSA) is 73.6 Å². The van der Waals surface area contributed by atoms with Crippen LogP contribution in [0, 0.1) is 0 Å². The predicted molar refractivity (Wildman–Crippen MR) is 96.6 cm³/mol. The van der Waals surface area contributed by atoms with Gasteiger partial charge >= 0.3 is 0 Å². The van der Waals surface area contributed by atoms with Crippen molar-refractivity contribution >= 4 is 18.3 Å². The maximum atomic E-state index is 12.1. The minimum absolute atomic E-state index is 0. The first-order chi connectivity index (χ1) is 11.2. The van der Waals surface area contributed by atoms with Crippen LogP contribution in [0.3, 0.4) is 0 Å². The van der Waals surface area contributed by atoms with Crippen molar-refractivity contribution in [3.05, 3.63) is 65.2 Å². The van der Waals surface area contributed by atoms with Crippen molar-refractivity contribution < 1.29 is 14.3 Å². The summed E-state index contributed by atoms with van der Waals surface area (Å²) in [6.45, 7) is 1.95. The summed E-state index contributed by atoms with van der Waals surface area (Å²) in [4.78, 5) is 12.1. The molecule has 0 spiro atoms. The van der Waals surface area contributed by atoms with Crippen LogP contribution in [0.15, 0.2) is 48.5 Å². The molecule has 130 valence electrons. The fraction of sp³-hybridized carbons (Fsp3) is 0.278. The predicted octanol–water partition coefficient (Wildman–Crippen LogP) is 2.52. The summed E-state index contributed by atoms with van der Waals surface area (Å²) in [6, 6.07) is 14.9. The lowest BCUT2D eigenvalue weighted by molar-refractivity contribution is 0.0951. The highest BCUT2D eigenvalue weighted by molar-refractivity contribution is 5.94. The first-order valence-electron chi connectivity index (χ1n) is 7.51. The number of nitrogens with two attached hydrogens (primary N) is 1. The van der Waals surface area contributed by atoms with Crippen molar-refractivity contribution in [3.63, 3.8) is 0 Å². The number of ether oxygens (including phenoxy) is 2. The average Bonchev–Trinajstić information content (AvgIpc) is 2.60. The molecule has 0 aliphatic heterocycles. The Morgan fingerprint density at radius 2 is 1.83 bits per heavy atom. The molecular weight excluding hydrogens is 328 g/mol. The molecule has 3 N–H and O–H groups in total. The summed E-state index contributed by atoms with van der Waals surface area (Å²) in [6.07, 6.45) is 0. The molecule has 0 heterocycles. The Morgan fingerprint density at radius 1 is 1.08 bits per heavy atom. The number of methoxy groups -OCH3 is 1. The first-order valence-corrected chi connectivity index (χ1v) is 7.51. The molecule has 0 bridgehead atoms. The molecule has 0 saturated heterocycles. The van der Waals surface area contributed by atoms with Crippen LogP contribution >= 0.6 is 12.4 Å². The maximum absolute atomic E-state index is 12.1. The zero-order valence-electron chi connectivity index (χ0n) is 13.7. The summed E-state index contributed by atoms with van der Waals surface area (Å²) in [5.74, 6) is 0.653. The van der Waals surface area contributed by atoms with Crippen LogP contribution in [0.1, 0.15) is 21.5 Å². The second-order valence-corrected chi connectivity index (χ2v) is 5.07. The summed E-state index contributed by atoms with van der Waals surface area (Å²) >= 11 is 0. The van der Waals surface area contributed by atoms with Gasteiger partial charge in [0, 0.05) is 25.8 Å². The Morgan fingerprint density at radius 3 is 2.50 bits per heavy atom. The molecule has 0 atom stereocenters. The van der Waals surface area contributed by atoms with Crippen LogP contribution < -0.4 is 15.8 Å². The smallest absolute Gasteiger partial charge is 0.251 e. The number of rotatable bonds is 8. The largest absolute Gasteiger partial charge is 0.491 e. The monoisotopic (exact) mass is 350 g/mol. The molecule has 0 aliphatic rings. The van der Waals surface area contributed by atoms with E-state index in [1.807, 2.05) is 36.4 Å². The molecular formula is C18H23ClN2O3. The molecule has 0 fully saturated rings. The molecule has 2 rings (SSSR count). The molecule has 0 aromatic heterocycles. The van der Waals surface area contributed by atoms with Crippen LogP contribution in [0.2, 0.25) is 0 Å². The van der Waals surface area contributed by atoms with E-state index in [0.717, 1.165) is 16.9 Å². The van der Waals surface area contributed by atoms with Gasteiger partial charge in [-0.2, -0.15) is 0 Å². The van der Waals surface area contributed by atoms with Crippen LogP contribution in [0.25, 0.3) is 0 Å². The lowest BCUT2D eigenvalue weighted by Crippen LogP contribution is -2.22. The summed E-state index contributed by atoms with van der Waals surface area (Å²) in [7, 11) is 1.63. The molecule has 5 nitrogen and oxygen atoms in total. The second kappa shape index (κ2) is 10.6. The lowest BCUT2D eigenvalue weighted by atomic mass is 10.1. The highest BCUT2D eigenvalue weighted by Gasteiger charge is 2.05. The van der Waals surface area contributed by atoms with Crippen molar-refractivity contribution in [2.75, 3.05) is 20.3 Å². The van der Waals surface area contributed by atoms with E-state index in [1.165, 1.54) is 0 Å². The highest BCUT2D eigenvalue weighted by Crippen LogP contribution is 2.13. The molecule has 0 radical (unpaired) electrons. The summed E-state index contributed by atoms with van der Waals surface area (Å²) < 4.78 is 10.5. The Labute approximate surface area is 148 Å². The normalized spacial score (nSPS) is 9.92. The molecule has 0 aliphatic carbocycles. The number of hydrogen-bond donors (Lipinski definition) is 2. The highest BCUT2D eigenvalue weighted by atomic mass is 35.5. The first kappa shape index (κ1) is 20.0. The molecule has 2 aromatic rings. The van der Waals surface area contributed by atoms with E-state index < -0.39 is 0 Å². The van der Waals surface area contributed by atoms with Gasteiger partial charge in [0.05, 0.1) is 6.61 Å². The number of carbonyl (C=O) groups excluding carboxylic acids is 1. The van der Waals surface area contributed by atoms with Gasteiger partial charge in [0.15, 0.2) is 0 Å². The van der Waals surface area contributed by atoms with Gasteiger partial charge in [0.1, 0.15) is 12.4 Å². The third-order valence-corrected chi connectivity index (χ3v) is 3.36. The Hall–Kier alpha value is -2.08. The van der Waals surface area contributed by atoms with Gasteiger partial charge in [-0.25, -0.2) is 0 Å². The van der Waals surface area contributed by atoms with E-state index in [-0.39, 0.29) is 18.3 Å². The van der Waals surface area contributed by atoms with E-state index in [2.05, 4.69) is 5.32 Å². The molecule has 1 amide bonds. The minimum atomic E-state index is -0.112. The van der Waals surface area contributed by atoms with E-state index in [4.69, 9.17) is 15.2 Å². The third kappa shape index (κ3) is 6.20. The number of hydrogen-bond acceptors (Lipinski definition) is 4. The molecule has 0 saturated carbocycles. The quantitative estimate of drug-likeness (QED) is 0.717. The van der Waals surface area contributed by atoms with Crippen molar-refractivity contribution in [2.24, 2.45) is 5.73 Å². The number of halogens is 1. The average molecular weight is 351 g/mol. The van der Waals surface area contributed by atoms with Gasteiger partial charge in [0.2, 0.25) is 0 Å². The van der Waals surface area contributed by atoms with Crippen LogP contribution in [-0.4, -0.2) is 26.2 Å². The van der Waals surface area contributed by atoms with Crippen molar-refractivity contribution in [3.8, 4) is 5.75 Å². The van der Waals surface area contributed by atoms with Gasteiger partial charge in [-0.3, -0.25) is 4.79 Å². The van der Waals surface area contributed by atoms with Gasteiger partial charge in [-0.05, 0) is 35.4 Å². The SMILES string of the molecule is COCCOc1cccc(CNC(=O)c2ccc(CN)cc2)c1.Cl. The maximum Gasteiger partial charge on any atom is 0.251 e. The van der Waals surface area contributed by atoms with Crippen LogP contribution in [0.5, 0.6) is 5.75 Å². The van der Waals surface area contributed by atoms with Gasteiger partial charge in [-0.15, -0.1) is 12.4 Å². The van der Waals surface area contributed by atoms with Gasteiger partial charge < -0.3 is 20.5 Å². The Balaban J connectivity index is 0.00000288. The zero-order valence-corrected chi connectivity index (χ0v) is 14.5. The summed E-state index contributed by atoms with van der Waals surface area (Å²) in [5.41, 5.74) is 8.15. The minimum Gasteiger partial charge on any atom is -0.491 e. The van der Waals surface area contributed by atoms with Crippen molar-refractivity contribution in [1.29, 1.82) is 0 Å². The second-order valence-electron chi connectivity index (χ2n) is 5.07. The fourth-order valence-corrected chi connectivity index (χ4v) is 2.06. The van der Waals surface area contributed by atoms with Gasteiger partial charge in [-0.1, -0.05) is 24.3 Å². The van der Waals surface area contributed by atoms with E-state index >= 15 is 0 Å². The summed E-state index contributed by atoms with van der Waals surface area (Å²) in [5, 5.41) is 2.90. The van der Waals surface area contributed by atoms with E-state index in [9.17, 15) is 4.79 Å². The Kier molecular flexibility index (Phi) is 8.86. The lowest BCUT2D eigenvalue weighted by Gasteiger charge is -2.09. The fourth-order valence-electron chi connectivity index (χ4n) is 2.06. The molecule has 2 aromatic carbocycles. The standard InChI is InChI=1S/C18H22N2O3.ClH/c1-22-9-10-23-17-4-2-3-15(11-17)13-20-18(21)16-7-5-14(12-19)6-8-16;/h2-8,11H,9-10,12-13,19H2,1H3,(H,20,21);1H. The third-order valence-electron chi connectivity index (χ3n) is 3.36. The van der Waals surface area contributed by atoms with E-state index in [1.54, 1.807) is 19.2 Å².